The molecule has 1 fully saturated rings. The normalized spacial score (nSPS) is 22.4. The second-order valence-corrected chi connectivity index (χ2v) is 6.03. The van der Waals surface area contributed by atoms with Crippen molar-refractivity contribution in [1.82, 2.24) is 10.2 Å². The zero-order valence-electron chi connectivity index (χ0n) is 12.9. The van der Waals surface area contributed by atoms with Crippen LogP contribution in [0.15, 0.2) is 12.2 Å². The zero-order chi connectivity index (χ0) is 13.6. The molecule has 0 aliphatic carbocycles. The van der Waals surface area contributed by atoms with Crippen LogP contribution in [0.5, 0.6) is 0 Å². The number of nitrogens with zero attached hydrogens (tertiary/aromatic N) is 1. The Bertz CT molecular complexity index is 256. The Hall–Kier alpha value is -0.340. The molecule has 0 aromatic heterocycles. The first-order valence-corrected chi connectivity index (χ1v) is 7.67. The molecule has 1 saturated heterocycles. The van der Waals surface area contributed by atoms with Crippen LogP contribution in [0.25, 0.3) is 0 Å². The predicted molar refractivity (Wildman–Crippen MR) is 81.0 cm³/mol. The molecule has 1 N–H and O–H groups in total. The van der Waals surface area contributed by atoms with Crippen molar-refractivity contribution in [2.45, 2.75) is 71.4 Å². The molecule has 0 radical (unpaired) electrons. The summed E-state index contributed by atoms with van der Waals surface area (Å²) in [4.78, 5) is 2.72. The van der Waals surface area contributed by atoms with Gasteiger partial charge in [-0.05, 0) is 59.2 Å². The van der Waals surface area contributed by atoms with E-state index in [9.17, 15) is 0 Å². The Balaban J connectivity index is 2.81. The molecule has 0 bridgehead atoms. The van der Waals surface area contributed by atoms with Crippen LogP contribution in [-0.4, -0.2) is 36.1 Å². The maximum Gasteiger partial charge on any atom is 0.0334 e. The minimum absolute atomic E-state index is 0.273. The number of likely N-dealkylation sites (tertiary alicyclic amines) is 1. The van der Waals surface area contributed by atoms with Gasteiger partial charge in [-0.3, -0.25) is 4.90 Å². The smallest absolute Gasteiger partial charge is 0.0334 e. The van der Waals surface area contributed by atoms with E-state index in [4.69, 9.17) is 0 Å². The molecule has 0 saturated carbocycles. The summed E-state index contributed by atoms with van der Waals surface area (Å²) >= 11 is 0. The molecule has 0 aromatic rings. The first-order valence-electron chi connectivity index (χ1n) is 7.67. The predicted octanol–water partition coefficient (Wildman–Crippen LogP) is 3.59. The highest BCUT2D eigenvalue weighted by atomic mass is 15.2. The molecule has 18 heavy (non-hydrogen) atoms. The summed E-state index contributed by atoms with van der Waals surface area (Å²) < 4.78 is 0. The van der Waals surface area contributed by atoms with Gasteiger partial charge in [0.15, 0.2) is 0 Å². The average molecular weight is 252 g/mol. The van der Waals surface area contributed by atoms with Gasteiger partial charge < -0.3 is 5.32 Å². The van der Waals surface area contributed by atoms with Crippen molar-refractivity contribution >= 4 is 0 Å². The van der Waals surface area contributed by atoms with Crippen molar-refractivity contribution in [3.05, 3.63) is 12.2 Å². The monoisotopic (exact) mass is 252 g/mol. The van der Waals surface area contributed by atoms with Crippen LogP contribution < -0.4 is 5.32 Å². The van der Waals surface area contributed by atoms with Gasteiger partial charge in [-0.15, -0.1) is 6.58 Å². The Morgan fingerprint density at radius 2 is 1.89 bits per heavy atom. The summed E-state index contributed by atoms with van der Waals surface area (Å²) in [6.07, 6.45) is 6.43. The second kappa shape index (κ2) is 7.30. The molecule has 0 spiro atoms. The quantitative estimate of drug-likeness (QED) is 0.697. The third kappa shape index (κ3) is 3.83. The highest BCUT2D eigenvalue weighted by Crippen LogP contribution is 2.30. The topological polar surface area (TPSA) is 15.3 Å². The van der Waals surface area contributed by atoms with E-state index < -0.39 is 0 Å². The Labute approximate surface area is 114 Å². The molecule has 2 heteroatoms. The van der Waals surface area contributed by atoms with E-state index in [1.54, 1.807) is 0 Å². The molecule has 2 unspecified atom stereocenters. The summed E-state index contributed by atoms with van der Waals surface area (Å²) in [5, 5.41) is 3.70. The van der Waals surface area contributed by atoms with Crippen LogP contribution in [0, 0.1) is 0 Å². The molecular weight excluding hydrogens is 220 g/mol. The van der Waals surface area contributed by atoms with E-state index in [1.165, 1.54) is 44.3 Å². The van der Waals surface area contributed by atoms with Gasteiger partial charge in [0.25, 0.3) is 0 Å². The molecular formula is C16H32N2. The summed E-state index contributed by atoms with van der Waals surface area (Å²) in [6.45, 7) is 16.8. The minimum atomic E-state index is 0.273. The van der Waals surface area contributed by atoms with Gasteiger partial charge >= 0.3 is 0 Å². The van der Waals surface area contributed by atoms with Crippen LogP contribution in [0.3, 0.4) is 0 Å². The van der Waals surface area contributed by atoms with Gasteiger partial charge in [-0.2, -0.15) is 0 Å². The van der Waals surface area contributed by atoms with Crippen LogP contribution in [0.2, 0.25) is 0 Å². The molecule has 0 aromatic carbocycles. The van der Waals surface area contributed by atoms with E-state index >= 15 is 0 Å². The fourth-order valence-corrected chi connectivity index (χ4v) is 3.20. The van der Waals surface area contributed by atoms with Gasteiger partial charge in [-0.25, -0.2) is 0 Å². The Kier molecular flexibility index (Phi) is 6.37. The lowest BCUT2D eigenvalue weighted by atomic mass is 9.82. The molecule has 0 amide bonds. The second-order valence-electron chi connectivity index (χ2n) is 6.03. The minimum Gasteiger partial charge on any atom is -0.312 e. The fourth-order valence-electron chi connectivity index (χ4n) is 3.20. The largest absolute Gasteiger partial charge is 0.312 e. The fraction of sp³-hybridized carbons (Fsp3) is 0.875. The van der Waals surface area contributed by atoms with Crippen molar-refractivity contribution in [2.24, 2.45) is 0 Å². The highest BCUT2D eigenvalue weighted by Gasteiger charge is 2.37. The summed E-state index contributed by atoms with van der Waals surface area (Å²) in [5.74, 6) is 0. The first kappa shape index (κ1) is 15.7. The number of nitrogens with one attached hydrogen (secondary N) is 1. The molecule has 1 aliphatic rings. The number of likely N-dealkylation sites (N-methyl/N-ethyl adjacent to an activating group) is 1. The maximum atomic E-state index is 4.11. The molecule has 2 nitrogen and oxygen atoms in total. The van der Waals surface area contributed by atoms with Gasteiger partial charge in [0, 0.05) is 11.6 Å². The zero-order valence-corrected chi connectivity index (χ0v) is 12.9. The first-order chi connectivity index (χ1) is 8.54. The van der Waals surface area contributed by atoms with Gasteiger partial charge in [-0.1, -0.05) is 25.8 Å². The lowest BCUT2D eigenvalue weighted by Gasteiger charge is -2.48. The molecule has 106 valence electrons. The van der Waals surface area contributed by atoms with E-state index in [2.05, 4.69) is 44.5 Å². The van der Waals surface area contributed by atoms with Crippen molar-refractivity contribution in [3.63, 3.8) is 0 Å². The van der Waals surface area contributed by atoms with E-state index in [0.29, 0.717) is 6.04 Å². The van der Waals surface area contributed by atoms with Crippen LogP contribution in [0.4, 0.5) is 0 Å². The van der Waals surface area contributed by atoms with Crippen molar-refractivity contribution < 1.29 is 0 Å². The molecule has 1 heterocycles. The van der Waals surface area contributed by atoms with E-state index in [1.807, 2.05) is 0 Å². The Morgan fingerprint density at radius 3 is 2.33 bits per heavy atom. The summed E-state index contributed by atoms with van der Waals surface area (Å²) in [6, 6.07) is 0.531. The highest BCUT2D eigenvalue weighted by molar-refractivity contribution is 5.04. The summed E-state index contributed by atoms with van der Waals surface area (Å²) in [5.41, 5.74) is 1.56. The standard InChI is InChI=1S/C16H32N2/c1-6-16(5,18-11-9-8-10-12-18)15(17-7-2)13-14(3)4/h15,17H,3,6-13H2,1-2,4-5H3. The number of piperidine rings is 1. The molecule has 2 atom stereocenters. The number of rotatable bonds is 7. The third-order valence-corrected chi connectivity index (χ3v) is 4.55. The van der Waals surface area contributed by atoms with Gasteiger partial charge in [0.05, 0.1) is 0 Å². The van der Waals surface area contributed by atoms with Crippen molar-refractivity contribution in [3.8, 4) is 0 Å². The van der Waals surface area contributed by atoms with Crippen LogP contribution in [-0.2, 0) is 0 Å². The molecule has 1 rings (SSSR count). The summed E-state index contributed by atoms with van der Waals surface area (Å²) in [7, 11) is 0. The molecule has 1 aliphatic heterocycles. The SMILES string of the molecule is C=C(C)CC(NCC)C(C)(CC)N1CCCCC1. The third-order valence-electron chi connectivity index (χ3n) is 4.55. The van der Waals surface area contributed by atoms with Crippen LogP contribution in [0.1, 0.15) is 59.8 Å². The van der Waals surface area contributed by atoms with E-state index in [0.717, 1.165) is 13.0 Å². The van der Waals surface area contributed by atoms with E-state index in [-0.39, 0.29) is 5.54 Å². The average Bonchev–Trinajstić information content (AvgIpc) is 2.38. The maximum absolute atomic E-state index is 4.11. The Morgan fingerprint density at radius 1 is 1.28 bits per heavy atom. The van der Waals surface area contributed by atoms with Gasteiger partial charge in [0.2, 0.25) is 0 Å². The van der Waals surface area contributed by atoms with Crippen molar-refractivity contribution in [2.75, 3.05) is 19.6 Å². The lowest BCUT2D eigenvalue weighted by molar-refractivity contribution is 0.0435. The van der Waals surface area contributed by atoms with Gasteiger partial charge in [0.1, 0.15) is 0 Å². The number of hydrogen-bond donors (Lipinski definition) is 1. The number of hydrogen-bond acceptors (Lipinski definition) is 2. The lowest BCUT2D eigenvalue weighted by Crippen LogP contribution is -2.60. The van der Waals surface area contributed by atoms with Crippen molar-refractivity contribution in [1.29, 1.82) is 0 Å². The van der Waals surface area contributed by atoms with Crippen LogP contribution >= 0.6 is 0 Å².